The van der Waals surface area contributed by atoms with Crippen LogP contribution in [-0.2, 0) is 30.8 Å². The molecule has 220 valence electrons. The standard InChI is InChI=1S/C33H36N8O2/c34-31(35)38-20-24-14-16-28(17-15-24)40-33(43)41-32(36)39-22-26-11-7-10-25(18-26)21-37-30(42)29(27-12-5-2-6-13-27)19-23-8-3-1-4-9-23/h1-18,29H,19-22H2,(H,37,42)(H4,34,35,38)(H4,36,39,40,41,43). The molecule has 0 aromatic heterocycles. The Hall–Kier alpha value is -5.64. The molecule has 43 heavy (non-hydrogen) atoms. The Balaban J connectivity index is 1.29. The van der Waals surface area contributed by atoms with Crippen molar-refractivity contribution < 1.29 is 9.59 Å². The predicted molar refractivity (Wildman–Crippen MR) is 171 cm³/mol. The highest BCUT2D eigenvalue weighted by molar-refractivity contribution is 6.01. The van der Waals surface area contributed by atoms with Gasteiger partial charge in [0.05, 0.1) is 19.0 Å². The van der Waals surface area contributed by atoms with Crippen LogP contribution in [0.5, 0.6) is 0 Å². The van der Waals surface area contributed by atoms with E-state index < -0.39 is 6.03 Å². The van der Waals surface area contributed by atoms with Gasteiger partial charge in [0.15, 0.2) is 11.9 Å². The molecule has 0 aliphatic heterocycles. The lowest BCUT2D eigenvalue weighted by atomic mass is 9.91. The van der Waals surface area contributed by atoms with Crippen LogP contribution < -0.4 is 33.2 Å². The molecule has 1 unspecified atom stereocenters. The van der Waals surface area contributed by atoms with Gasteiger partial charge in [-0.1, -0.05) is 97.1 Å². The second-order valence-corrected chi connectivity index (χ2v) is 9.91. The van der Waals surface area contributed by atoms with E-state index in [1.54, 1.807) is 24.3 Å². The monoisotopic (exact) mass is 576 g/mol. The Morgan fingerprint density at radius 3 is 2.00 bits per heavy atom. The lowest BCUT2D eigenvalue weighted by molar-refractivity contribution is -0.122. The smallest absolute Gasteiger partial charge is 0.325 e. The molecule has 4 rings (SSSR count). The van der Waals surface area contributed by atoms with Crippen LogP contribution in [-0.4, -0.2) is 23.9 Å². The van der Waals surface area contributed by atoms with E-state index >= 15 is 0 Å². The molecule has 9 N–H and O–H groups in total. The first-order valence-electron chi connectivity index (χ1n) is 13.8. The average Bonchev–Trinajstić information content (AvgIpc) is 3.02. The number of hydrogen-bond acceptors (Lipinski definition) is 4. The summed E-state index contributed by atoms with van der Waals surface area (Å²) in [7, 11) is 0. The molecule has 0 saturated carbocycles. The molecule has 0 saturated heterocycles. The third kappa shape index (κ3) is 10.0. The fraction of sp³-hybridized carbons (Fsp3) is 0.152. The van der Waals surface area contributed by atoms with E-state index in [2.05, 4.69) is 25.9 Å². The summed E-state index contributed by atoms with van der Waals surface area (Å²) in [4.78, 5) is 33.9. The summed E-state index contributed by atoms with van der Waals surface area (Å²) in [6.45, 7) is 0.980. The number of hydrogen-bond donors (Lipinski definition) is 6. The summed E-state index contributed by atoms with van der Waals surface area (Å²) in [5.41, 5.74) is 22.0. The van der Waals surface area contributed by atoms with Gasteiger partial charge in [-0.3, -0.25) is 10.1 Å². The van der Waals surface area contributed by atoms with Crippen molar-refractivity contribution in [3.63, 3.8) is 0 Å². The van der Waals surface area contributed by atoms with Gasteiger partial charge < -0.3 is 27.8 Å². The lowest BCUT2D eigenvalue weighted by Gasteiger charge is -2.18. The van der Waals surface area contributed by atoms with Crippen LogP contribution in [0, 0.1) is 0 Å². The molecule has 10 heteroatoms. The summed E-state index contributed by atoms with van der Waals surface area (Å²) in [5.74, 6) is -0.356. The first-order valence-corrected chi connectivity index (χ1v) is 13.8. The number of nitrogens with zero attached hydrogens (tertiary/aromatic N) is 2. The van der Waals surface area contributed by atoms with Gasteiger partial charge in [-0.05, 0) is 46.4 Å². The van der Waals surface area contributed by atoms with Gasteiger partial charge in [0.2, 0.25) is 5.91 Å². The van der Waals surface area contributed by atoms with Crippen molar-refractivity contribution in [1.82, 2.24) is 10.6 Å². The number of nitrogens with two attached hydrogens (primary N) is 3. The quantitative estimate of drug-likeness (QED) is 0.118. The van der Waals surface area contributed by atoms with Gasteiger partial charge in [-0.25, -0.2) is 14.8 Å². The molecule has 10 nitrogen and oxygen atoms in total. The molecule has 0 aliphatic carbocycles. The maximum atomic E-state index is 13.3. The summed E-state index contributed by atoms with van der Waals surface area (Å²) in [6, 6.07) is 34.1. The van der Waals surface area contributed by atoms with E-state index in [1.165, 1.54) is 0 Å². The number of benzene rings is 4. The number of carbonyl (C=O) groups is 2. The minimum absolute atomic E-state index is 0.0151. The van der Waals surface area contributed by atoms with Crippen molar-refractivity contribution in [2.75, 3.05) is 5.32 Å². The molecule has 0 spiro atoms. The van der Waals surface area contributed by atoms with Crippen molar-refractivity contribution in [1.29, 1.82) is 0 Å². The van der Waals surface area contributed by atoms with Crippen LogP contribution in [0.1, 0.15) is 33.7 Å². The Morgan fingerprint density at radius 2 is 1.30 bits per heavy atom. The number of aliphatic imine (C=N–C) groups is 2. The van der Waals surface area contributed by atoms with E-state index in [1.807, 2.05) is 84.9 Å². The van der Waals surface area contributed by atoms with Crippen LogP contribution in [0.4, 0.5) is 10.5 Å². The van der Waals surface area contributed by atoms with E-state index in [0.29, 0.717) is 25.2 Å². The maximum Gasteiger partial charge on any atom is 0.325 e. The van der Waals surface area contributed by atoms with E-state index in [9.17, 15) is 9.59 Å². The number of urea groups is 1. The van der Waals surface area contributed by atoms with Crippen molar-refractivity contribution in [3.05, 3.63) is 137 Å². The normalized spacial score (nSPS) is 11.7. The van der Waals surface area contributed by atoms with E-state index in [-0.39, 0.29) is 30.3 Å². The number of guanidine groups is 2. The SMILES string of the molecule is NC(N)=NCc1ccc(NC(=O)NC(N)=NCc2cccc(CNC(=O)C(Cc3ccccc3)c3ccccc3)c2)cc1. The van der Waals surface area contributed by atoms with Crippen LogP contribution in [0.3, 0.4) is 0 Å². The zero-order valence-corrected chi connectivity index (χ0v) is 23.7. The fourth-order valence-electron chi connectivity index (χ4n) is 4.42. The Bertz CT molecular complexity index is 1550. The molecular weight excluding hydrogens is 540 g/mol. The molecule has 0 bridgehead atoms. The molecule has 0 heterocycles. The van der Waals surface area contributed by atoms with Crippen molar-refractivity contribution in [2.24, 2.45) is 27.2 Å². The third-order valence-corrected chi connectivity index (χ3v) is 6.59. The van der Waals surface area contributed by atoms with Crippen LogP contribution in [0.25, 0.3) is 0 Å². The lowest BCUT2D eigenvalue weighted by Crippen LogP contribution is -2.39. The zero-order chi connectivity index (χ0) is 30.4. The number of anilines is 1. The molecule has 0 fully saturated rings. The molecule has 0 aliphatic rings. The maximum absolute atomic E-state index is 13.3. The number of amides is 3. The highest BCUT2D eigenvalue weighted by atomic mass is 16.2. The predicted octanol–water partition coefficient (Wildman–Crippen LogP) is 3.74. The number of rotatable bonds is 11. The molecule has 1 atom stereocenters. The first-order chi connectivity index (χ1) is 20.9. The highest BCUT2D eigenvalue weighted by Crippen LogP contribution is 2.21. The Labute approximate surface area is 251 Å². The average molecular weight is 577 g/mol. The van der Waals surface area contributed by atoms with Gasteiger partial charge in [-0.2, -0.15) is 0 Å². The van der Waals surface area contributed by atoms with Crippen LogP contribution in [0.15, 0.2) is 119 Å². The summed E-state index contributed by atoms with van der Waals surface area (Å²) in [6.07, 6.45) is 0.607. The minimum Gasteiger partial charge on any atom is -0.370 e. The Kier molecular flexibility index (Phi) is 10.8. The van der Waals surface area contributed by atoms with Gasteiger partial charge in [-0.15, -0.1) is 0 Å². The topological polar surface area (TPSA) is 173 Å². The first kappa shape index (κ1) is 30.3. The largest absolute Gasteiger partial charge is 0.370 e. The Morgan fingerprint density at radius 1 is 0.674 bits per heavy atom. The van der Waals surface area contributed by atoms with Crippen molar-refractivity contribution >= 4 is 29.5 Å². The summed E-state index contributed by atoms with van der Waals surface area (Å²) < 4.78 is 0. The summed E-state index contributed by atoms with van der Waals surface area (Å²) in [5, 5.41) is 8.31. The molecule has 4 aromatic carbocycles. The van der Waals surface area contributed by atoms with Gasteiger partial charge in [0, 0.05) is 12.2 Å². The van der Waals surface area contributed by atoms with E-state index in [4.69, 9.17) is 17.2 Å². The van der Waals surface area contributed by atoms with Gasteiger partial charge in [0.25, 0.3) is 0 Å². The second-order valence-electron chi connectivity index (χ2n) is 9.91. The van der Waals surface area contributed by atoms with Gasteiger partial charge in [0.1, 0.15) is 0 Å². The van der Waals surface area contributed by atoms with Crippen molar-refractivity contribution in [3.8, 4) is 0 Å². The molecule has 3 amide bonds. The van der Waals surface area contributed by atoms with E-state index in [0.717, 1.165) is 27.8 Å². The second kappa shape index (κ2) is 15.4. The molecule has 4 aromatic rings. The van der Waals surface area contributed by atoms with Crippen LogP contribution >= 0.6 is 0 Å². The zero-order valence-electron chi connectivity index (χ0n) is 23.7. The number of nitrogens with one attached hydrogen (secondary N) is 3. The number of carbonyl (C=O) groups excluding carboxylic acids is 2. The van der Waals surface area contributed by atoms with Gasteiger partial charge >= 0.3 is 6.03 Å². The fourth-order valence-corrected chi connectivity index (χ4v) is 4.42. The molecular formula is C33H36N8O2. The minimum atomic E-state index is -0.516. The summed E-state index contributed by atoms with van der Waals surface area (Å²) >= 11 is 0. The molecule has 0 radical (unpaired) electrons. The van der Waals surface area contributed by atoms with Crippen molar-refractivity contribution in [2.45, 2.75) is 32.0 Å². The van der Waals surface area contributed by atoms with Crippen LogP contribution in [0.2, 0.25) is 0 Å². The highest BCUT2D eigenvalue weighted by Gasteiger charge is 2.20. The third-order valence-electron chi connectivity index (χ3n) is 6.59.